The van der Waals surface area contributed by atoms with E-state index in [9.17, 15) is 70.6 Å². The summed E-state index contributed by atoms with van der Waals surface area (Å²) < 4.78 is 63.6. The van der Waals surface area contributed by atoms with E-state index in [0.29, 0.717) is 49.4 Å². The molecule has 32 heteroatoms. The number of amides is 5. The maximum Gasteiger partial charge on any atom is 0.339 e. The normalized spacial score (nSPS) is 16.3. The topological polar surface area (TPSA) is 361 Å². The summed E-state index contributed by atoms with van der Waals surface area (Å²) >= 11 is 17.0. The summed E-state index contributed by atoms with van der Waals surface area (Å²) in [6, 6.07) is 18.5. The smallest absolute Gasteiger partial charge is 0.339 e. The number of para-hydroxylation sites is 3. The number of imide groups is 1. The highest BCUT2D eigenvalue weighted by Crippen LogP contribution is 2.42. The first-order valence-corrected chi connectivity index (χ1v) is 34.0. The number of methoxy groups -OCH3 is 1. The molecule has 9 rings (SSSR count). The number of halogens is 4. The monoisotopic (exact) mass is 1400 g/mol. The summed E-state index contributed by atoms with van der Waals surface area (Å²) in [5, 5.41) is 21.2. The van der Waals surface area contributed by atoms with Gasteiger partial charge in [-0.1, -0.05) is 66.4 Å². The number of carbonyl (C=O) groups is 9. The van der Waals surface area contributed by atoms with E-state index in [0.717, 1.165) is 77.2 Å². The lowest BCUT2D eigenvalue weighted by atomic mass is 9.81. The number of ketones is 3. The van der Waals surface area contributed by atoms with Gasteiger partial charge in [-0.05, 0) is 101 Å². The Morgan fingerprint density at radius 3 is 2.09 bits per heavy atom. The molecular formula is C62H69Cl3FN6O20PS. The maximum atomic E-state index is 14.7. The number of Topliss-reactive ketones (excluding diaryl/α,β-unsaturated/α-hetero) is 3. The van der Waals surface area contributed by atoms with Crippen molar-refractivity contribution in [3.63, 3.8) is 0 Å². The fraction of sp³-hybridized carbons (Fsp3) is 0.403. The lowest BCUT2D eigenvalue weighted by Gasteiger charge is -2.35. The molecule has 5 amide bonds. The number of nitrogens with zero attached hydrogens (tertiary/aromatic N) is 5. The van der Waals surface area contributed by atoms with E-state index < -0.39 is 98.1 Å². The molecule has 0 aromatic heterocycles. The molecule has 506 valence electrons. The van der Waals surface area contributed by atoms with E-state index in [1.165, 1.54) is 11.0 Å². The van der Waals surface area contributed by atoms with Gasteiger partial charge in [0.05, 0.1) is 76.2 Å². The Balaban J connectivity index is 0.000000219. The average molecular weight is 1410 g/mol. The van der Waals surface area contributed by atoms with E-state index in [1.807, 2.05) is 57.2 Å². The third-order valence-corrected chi connectivity index (χ3v) is 17.1. The number of anilines is 4. The second kappa shape index (κ2) is 34.4. The van der Waals surface area contributed by atoms with E-state index in [4.69, 9.17) is 70.3 Å². The van der Waals surface area contributed by atoms with Gasteiger partial charge in [-0.15, -0.1) is 18.0 Å². The minimum atomic E-state index is -4.10. The molecule has 0 saturated heterocycles. The molecule has 4 N–H and O–H groups in total. The number of fused-ring (bicyclic) bond motifs is 2. The first kappa shape index (κ1) is 76.7. The molecule has 26 nitrogen and oxygen atoms in total. The van der Waals surface area contributed by atoms with Crippen molar-refractivity contribution in [1.29, 1.82) is 0 Å². The number of rotatable bonds is 17. The number of alkyl halides is 3. The summed E-state index contributed by atoms with van der Waals surface area (Å²) in [5.41, 5.74) is 3.76. The summed E-state index contributed by atoms with van der Waals surface area (Å²) in [7, 11) is -6.16. The van der Waals surface area contributed by atoms with E-state index in [-0.39, 0.29) is 83.7 Å². The number of sulfone groups is 1. The molecule has 1 saturated carbocycles. The zero-order valence-corrected chi connectivity index (χ0v) is 55.8. The number of hydrogen-bond donors (Lipinski definition) is 4. The highest BCUT2D eigenvalue weighted by molar-refractivity contribution is 7.90. The van der Waals surface area contributed by atoms with Gasteiger partial charge < -0.3 is 38.9 Å². The van der Waals surface area contributed by atoms with Crippen LogP contribution in [0.2, 0.25) is 0 Å². The van der Waals surface area contributed by atoms with Gasteiger partial charge in [0.15, 0.2) is 44.4 Å². The molecule has 3 heterocycles. The summed E-state index contributed by atoms with van der Waals surface area (Å²) in [6.45, 7) is 8.20. The summed E-state index contributed by atoms with van der Waals surface area (Å²) in [4.78, 5) is 138. The number of carboxylic acid groups (broad SMARTS) is 1. The molecule has 5 aliphatic rings. The largest absolute Gasteiger partial charge is 0.489 e. The van der Waals surface area contributed by atoms with Crippen molar-refractivity contribution in [2.24, 2.45) is 5.92 Å². The van der Waals surface area contributed by atoms with Gasteiger partial charge in [0.2, 0.25) is 5.91 Å². The molecule has 4 aromatic carbocycles. The fourth-order valence-electron chi connectivity index (χ4n) is 10.4. The highest BCUT2D eigenvalue weighted by Gasteiger charge is 2.43. The number of aliphatic carboxylic acids is 1. The van der Waals surface area contributed by atoms with Crippen molar-refractivity contribution in [3.8, 4) is 23.8 Å². The van der Waals surface area contributed by atoms with Crippen LogP contribution >= 0.6 is 42.4 Å². The van der Waals surface area contributed by atoms with Gasteiger partial charge in [-0.3, -0.25) is 68.0 Å². The van der Waals surface area contributed by atoms with Gasteiger partial charge in [-0.25, -0.2) is 17.7 Å². The van der Waals surface area contributed by atoms with Gasteiger partial charge in [0.25, 0.3) is 29.3 Å². The number of hydrogen-bond acceptors (Lipinski definition) is 18. The number of ether oxygens (including phenoxy) is 3. The Kier molecular flexibility index (Phi) is 28.1. The number of aryl methyl sites for hydroxylation is 2. The van der Waals surface area contributed by atoms with Crippen LogP contribution in [0.5, 0.6) is 11.5 Å². The van der Waals surface area contributed by atoms with E-state index in [1.54, 1.807) is 16.9 Å². The zero-order chi connectivity index (χ0) is 70.1. The standard InChI is InChI=1S/C19H15FN2O4.C15H22ClNO2.C14H13NO7S.C11H11Cl2NO2.C3H8NO5P/c1-2-7-21-15-9-14(13(20)8-16(15)26-10-17(21)23)22-18(24)11-5-3-4-6-12(11)19(22)25;1-5-13-8-6-7-11(2)15(13)17(14(18)9-16)12(3)10-19-4;1-23(21,22)8-5-6-9(10(7-8)15(19)20)14(18)13-11(16)3-2-4-12(13)17;1-7-6-16-9-5-3-2-4-8(9)14(7)11(15)10(12)13;5-3(6)1-4-2-10(7,8)9/h1,8-9H,3-7,10H2;6-8,12H,5,9-10H2,1-4H3;5-7,13H,2-4H2,1H3;2-5,7,10H,6H2,1H3;4H,1-2H2,(H,5,6)(H2,7,8,9). The number of nitro groups is 1. The van der Waals surface area contributed by atoms with Crippen LogP contribution in [0.1, 0.15) is 87.2 Å². The fourth-order valence-corrected chi connectivity index (χ4v) is 11.8. The number of carbonyl (C=O) groups excluding carboxylic acids is 8. The predicted molar refractivity (Wildman–Crippen MR) is 346 cm³/mol. The quantitative estimate of drug-likeness (QED) is 0.0115. The molecule has 4 aromatic rings. The number of nitrogens with one attached hydrogen (secondary N) is 1. The van der Waals surface area contributed by atoms with Crippen molar-refractivity contribution >= 4 is 134 Å². The molecule has 0 radical (unpaired) electrons. The van der Waals surface area contributed by atoms with Crippen LogP contribution < -0.4 is 34.4 Å². The van der Waals surface area contributed by atoms with Crippen LogP contribution in [0.15, 0.2) is 88.8 Å². The number of nitro benzene ring substituents is 1. The van der Waals surface area contributed by atoms with Crippen molar-refractivity contribution in [1.82, 2.24) is 5.32 Å². The van der Waals surface area contributed by atoms with Crippen LogP contribution in [0.4, 0.5) is 32.8 Å². The van der Waals surface area contributed by atoms with Gasteiger partial charge in [0.1, 0.15) is 29.9 Å². The third-order valence-electron chi connectivity index (χ3n) is 14.7. The lowest BCUT2D eigenvalue weighted by molar-refractivity contribution is -0.385. The highest BCUT2D eigenvalue weighted by atomic mass is 35.5. The van der Waals surface area contributed by atoms with Crippen molar-refractivity contribution in [2.45, 2.75) is 101 Å². The minimum Gasteiger partial charge on any atom is -0.489 e. The van der Waals surface area contributed by atoms with Crippen LogP contribution in [-0.2, 0) is 63.9 Å². The van der Waals surface area contributed by atoms with Crippen LogP contribution in [0.3, 0.4) is 0 Å². The number of benzene rings is 4. The van der Waals surface area contributed by atoms with E-state index >= 15 is 0 Å². The molecule has 0 spiro atoms. The molecule has 1 fully saturated rings. The molecule has 94 heavy (non-hydrogen) atoms. The Morgan fingerprint density at radius 1 is 0.915 bits per heavy atom. The second-order valence-electron chi connectivity index (χ2n) is 21.6. The van der Waals surface area contributed by atoms with E-state index in [2.05, 4.69) is 24.2 Å². The molecule has 0 bridgehead atoms. The molecule has 3 aliphatic heterocycles. The third kappa shape index (κ3) is 19.6. The van der Waals surface area contributed by atoms with Crippen molar-refractivity contribution in [3.05, 3.63) is 117 Å². The van der Waals surface area contributed by atoms with Gasteiger partial charge in [0, 0.05) is 49.5 Å². The SMILES string of the molecule is C#CCN1C(=O)COc2cc(F)c(N3C(=O)C4=C(CCCC4)C3=O)cc21.CC1COc2ccccc2N1C(=O)C(Cl)Cl.CCc1cccc(C)c1N(C(=O)CCl)C(C)COC.CS(=O)(=O)c1ccc(C(=O)C2C(=O)CCCC2=O)c([N+](=O)[O-])c1.O=C(O)CNCP(=O)(O)O. The molecule has 2 atom stereocenters. The summed E-state index contributed by atoms with van der Waals surface area (Å²) in [6.07, 6.45) is 9.66. The van der Waals surface area contributed by atoms with Gasteiger partial charge in [-0.2, -0.15) is 0 Å². The lowest BCUT2D eigenvalue weighted by Crippen LogP contribution is -2.47. The Bertz CT molecular complexity index is 3800. The summed E-state index contributed by atoms with van der Waals surface area (Å²) in [5.74, 6) is -4.09. The molecular weight excluding hydrogens is 1340 g/mol. The van der Waals surface area contributed by atoms with Crippen LogP contribution in [0, 0.1) is 41.1 Å². The van der Waals surface area contributed by atoms with Crippen molar-refractivity contribution < 1.29 is 94.6 Å². The zero-order valence-electron chi connectivity index (χ0n) is 51.8. The second-order valence-corrected chi connectivity index (χ2v) is 26.6. The first-order valence-electron chi connectivity index (χ1n) is 28.9. The number of terminal acetylenes is 1. The van der Waals surface area contributed by atoms with Gasteiger partial charge >= 0.3 is 13.6 Å². The molecule has 2 aliphatic carbocycles. The van der Waals surface area contributed by atoms with Crippen LogP contribution in [-0.4, -0.2) is 156 Å². The average Bonchev–Trinajstić information content (AvgIpc) is 1.52. The predicted octanol–water partition coefficient (Wildman–Crippen LogP) is 7.61. The Hall–Kier alpha value is -7.97. The first-order chi connectivity index (χ1) is 44.2. The van der Waals surface area contributed by atoms with Crippen LogP contribution in [0.25, 0.3) is 0 Å². The minimum absolute atomic E-state index is 0.0170. The number of carboxylic acids is 1. The van der Waals surface area contributed by atoms with Crippen molar-refractivity contribution in [2.75, 3.05) is 78.0 Å². The Labute approximate surface area is 555 Å². The maximum absolute atomic E-state index is 14.7. The molecule has 2 unspecified atom stereocenters. The Morgan fingerprint density at radius 2 is 1.54 bits per heavy atom.